The molecule has 5 atom stereocenters. The lowest BCUT2D eigenvalue weighted by Crippen LogP contribution is -2.54. The highest BCUT2D eigenvalue weighted by molar-refractivity contribution is 5.88. The first-order chi connectivity index (χ1) is 11.7. The molecule has 3 aliphatic heterocycles. The molecule has 0 spiro atoms. The van der Waals surface area contributed by atoms with Gasteiger partial charge in [-0.3, -0.25) is 9.69 Å². The van der Waals surface area contributed by atoms with Gasteiger partial charge in [-0.2, -0.15) is 0 Å². The maximum absolute atomic E-state index is 12.7. The smallest absolute Gasteiger partial charge is 0.334 e. The third-order valence-electron chi connectivity index (χ3n) is 6.53. The van der Waals surface area contributed by atoms with E-state index in [0.717, 1.165) is 25.9 Å². The van der Waals surface area contributed by atoms with E-state index >= 15 is 0 Å². The molecule has 0 bridgehead atoms. The molecule has 6 nitrogen and oxygen atoms in total. The summed E-state index contributed by atoms with van der Waals surface area (Å²) in [6, 6.07) is 0. The molecule has 1 N–H and O–H groups in total. The largest absolute Gasteiger partial charge is 0.460 e. The van der Waals surface area contributed by atoms with Crippen molar-refractivity contribution in [3.63, 3.8) is 0 Å². The van der Waals surface area contributed by atoms with Crippen molar-refractivity contribution in [2.45, 2.75) is 76.7 Å². The number of rotatable bonds is 0. The zero-order valence-corrected chi connectivity index (χ0v) is 15.6. The van der Waals surface area contributed by atoms with Crippen LogP contribution in [0, 0.1) is 5.92 Å². The van der Waals surface area contributed by atoms with E-state index in [2.05, 4.69) is 4.90 Å². The maximum atomic E-state index is 12.7. The van der Waals surface area contributed by atoms with E-state index in [1.165, 1.54) is 0 Å². The molecule has 3 rings (SSSR count). The van der Waals surface area contributed by atoms with Crippen molar-refractivity contribution in [2.75, 3.05) is 13.1 Å². The number of nitrogens with zero attached hydrogens (tertiary/aromatic N) is 1. The Balaban J connectivity index is 1.95. The Hall–Kier alpha value is -1.40. The summed E-state index contributed by atoms with van der Waals surface area (Å²) in [5.41, 5.74) is -1.17. The fourth-order valence-electron chi connectivity index (χ4n) is 4.44. The monoisotopic (exact) mass is 351 g/mol. The van der Waals surface area contributed by atoms with Gasteiger partial charge in [-0.15, -0.1) is 0 Å². The van der Waals surface area contributed by atoms with Gasteiger partial charge < -0.3 is 14.6 Å². The average Bonchev–Trinajstić information content (AvgIpc) is 3.00. The second-order valence-corrected chi connectivity index (χ2v) is 8.12. The highest BCUT2D eigenvalue weighted by Gasteiger charge is 2.58. The molecule has 6 heteroatoms. The van der Waals surface area contributed by atoms with Gasteiger partial charge in [0, 0.05) is 18.7 Å². The number of hydrogen-bond donors (Lipinski definition) is 1. The van der Waals surface area contributed by atoms with Gasteiger partial charge in [0.25, 0.3) is 0 Å². The molecule has 3 aliphatic rings. The van der Waals surface area contributed by atoms with Crippen LogP contribution in [0.4, 0.5) is 0 Å². The number of aliphatic hydroxyl groups is 1. The minimum absolute atomic E-state index is 0.0720. The molecule has 5 unspecified atom stereocenters. The third-order valence-corrected chi connectivity index (χ3v) is 6.53. The Morgan fingerprint density at radius 1 is 1.16 bits per heavy atom. The quantitative estimate of drug-likeness (QED) is 0.530. The van der Waals surface area contributed by atoms with E-state index in [-0.39, 0.29) is 36.5 Å². The van der Waals surface area contributed by atoms with Gasteiger partial charge >= 0.3 is 11.9 Å². The molecule has 0 aromatic rings. The highest BCUT2D eigenvalue weighted by Crippen LogP contribution is 2.43. The van der Waals surface area contributed by atoms with Crippen LogP contribution < -0.4 is 0 Å². The van der Waals surface area contributed by atoms with Crippen LogP contribution in [-0.2, 0) is 19.1 Å². The lowest BCUT2D eigenvalue weighted by molar-refractivity contribution is -0.167. The first-order valence-corrected chi connectivity index (χ1v) is 9.21. The Bertz CT molecular complexity index is 599. The fourth-order valence-corrected chi connectivity index (χ4v) is 4.44. The fraction of sp³-hybridized carbons (Fsp3) is 0.789. The summed E-state index contributed by atoms with van der Waals surface area (Å²) in [5, 5.41) is 10.7. The standard InChI is InChI=1S/C19H29NO5/c1-5-13-10-12(2)18(3,23)11-16(21)24-14-6-8-20-9-7-15(19(14,20)4)25-17(13)22/h5,12,14-15,23H,6-11H2,1-4H3. The number of allylic oxidation sites excluding steroid dienone is 1. The predicted octanol–water partition coefficient (Wildman–Crippen LogP) is 1.81. The van der Waals surface area contributed by atoms with E-state index in [1.807, 2.05) is 13.8 Å². The summed E-state index contributed by atoms with van der Waals surface area (Å²) < 4.78 is 11.6. The summed E-state index contributed by atoms with van der Waals surface area (Å²) in [5.74, 6) is -0.978. The van der Waals surface area contributed by atoms with Gasteiger partial charge in [-0.05, 0) is 46.0 Å². The molecule has 3 fully saturated rings. The van der Waals surface area contributed by atoms with Crippen molar-refractivity contribution >= 4 is 11.9 Å². The summed E-state index contributed by atoms with van der Waals surface area (Å²) in [4.78, 5) is 27.4. The molecule has 0 amide bonds. The summed E-state index contributed by atoms with van der Waals surface area (Å²) in [7, 11) is 0. The van der Waals surface area contributed by atoms with Crippen LogP contribution in [0.25, 0.3) is 0 Å². The van der Waals surface area contributed by atoms with Gasteiger partial charge in [-0.25, -0.2) is 4.79 Å². The van der Waals surface area contributed by atoms with Crippen molar-refractivity contribution in [1.29, 1.82) is 0 Å². The topological polar surface area (TPSA) is 76.1 Å². The van der Waals surface area contributed by atoms with Crippen LogP contribution in [0.1, 0.15) is 53.4 Å². The van der Waals surface area contributed by atoms with Crippen molar-refractivity contribution in [1.82, 2.24) is 4.90 Å². The van der Waals surface area contributed by atoms with Crippen LogP contribution in [0.5, 0.6) is 0 Å². The molecular weight excluding hydrogens is 322 g/mol. The number of ether oxygens (including phenoxy) is 2. The van der Waals surface area contributed by atoms with Crippen LogP contribution >= 0.6 is 0 Å². The van der Waals surface area contributed by atoms with E-state index < -0.39 is 11.1 Å². The molecule has 0 aliphatic carbocycles. The normalized spacial score (nSPS) is 44.7. The van der Waals surface area contributed by atoms with Gasteiger partial charge in [0.05, 0.1) is 17.6 Å². The van der Waals surface area contributed by atoms with Crippen molar-refractivity contribution in [3.8, 4) is 0 Å². The Morgan fingerprint density at radius 3 is 2.36 bits per heavy atom. The molecule has 0 radical (unpaired) electrons. The molecule has 25 heavy (non-hydrogen) atoms. The van der Waals surface area contributed by atoms with Crippen molar-refractivity contribution in [2.24, 2.45) is 5.92 Å². The van der Waals surface area contributed by atoms with Crippen molar-refractivity contribution in [3.05, 3.63) is 11.6 Å². The van der Waals surface area contributed by atoms with Crippen molar-refractivity contribution < 1.29 is 24.2 Å². The first kappa shape index (κ1) is 18.4. The Kier molecular flexibility index (Phi) is 4.71. The molecule has 140 valence electrons. The first-order valence-electron chi connectivity index (χ1n) is 9.21. The molecule has 0 saturated carbocycles. The highest BCUT2D eigenvalue weighted by atomic mass is 16.6. The lowest BCUT2D eigenvalue weighted by atomic mass is 9.82. The van der Waals surface area contributed by atoms with Gasteiger partial charge in [0.2, 0.25) is 0 Å². The maximum Gasteiger partial charge on any atom is 0.334 e. The van der Waals surface area contributed by atoms with Crippen LogP contribution in [-0.4, -0.2) is 58.4 Å². The molecule has 0 aromatic carbocycles. The molecule has 3 saturated heterocycles. The number of esters is 2. The summed E-state index contributed by atoms with van der Waals surface area (Å²) >= 11 is 0. The van der Waals surface area contributed by atoms with Crippen LogP contribution in [0.15, 0.2) is 11.6 Å². The molecular formula is C19H29NO5. The minimum atomic E-state index is -1.24. The minimum Gasteiger partial charge on any atom is -0.460 e. The Morgan fingerprint density at radius 2 is 1.76 bits per heavy atom. The van der Waals surface area contributed by atoms with E-state index in [9.17, 15) is 14.7 Å². The van der Waals surface area contributed by atoms with Gasteiger partial charge in [0.15, 0.2) is 0 Å². The summed E-state index contributed by atoms with van der Waals surface area (Å²) in [6.45, 7) is 8.95. The van der Waals surface area contributed by atoms with E-state index in [4.69, 9.17) is 9.47 Å². The zero-order valence-electron chi connectivity index (χ0n) is 15.6. The zero-order chi connectivity index (χ0) is 18.4. The second-order valence-electron chi connectivity index (χ2n) is 8.12. The molecule has 0 aromatic heterocycles. The number of hydrogen-bond acceptors (Lipinski definition) is 6. The number of carbonyl (C=O) groups is 2. The SMILES string of the molecule is CC=C1CC(C)C(C)(O)CC(=O)OC2CCN3CCC(OC1=O)C23C. The van der Waals surface area contributed by atoms with Crippen LogP contribution in [0.2, 0.25) is 0 Å². The second kappa shape index (κ2) is 6.40. The van der Waals surface area contributed by atoms with E-state index in [0.29, 0.717) is 12.0 Å². The van der Waals surface area contributed by atoms with Gasteiger partial charge in [0.1, 0.15) is 12.2 Å². The van der Waals surface area contributed by atoms with Gasteiger partial charge in [-0.1, -0.05) is 13.0 Å². The third kappa shape index (κ3) is 3.10. The van der Waals surface area contributed by atoms with E-state index in [1.54, 1.807) is 19.9 Å². The lowest BCUT2D eigenvalue weighted by Gasteiger charge is -2.39. The number of carbonyl (C=O) groups excluding carboxylic acids is 2. The Labute approximate surface area is 149 Å². The van der Waals surface area contributed by atoms with Crippen LogP contribution in [0.3, 0.4) is 0 Å². The average molecular weight is 351 g/mol. The molecule has 3 heterocycles. The predicted molar refractivity (Wildman–Crippen MR) is 91.8 cm³/mol. The summed E-state index contributed by atoms with van der Waals surface area (Å²) in [6.07, 6.45) is 2.92.